The summed E-state index contributed by atoms with van der Waals surface area (Å²) in [4.78, 5) is 43.2. The van der Waals surface area contributed by atoms with Gasteiger partial charge in [0.2, 0.25) is 12.1 Å². The molecule has 7 nitrogen and oxygen atoms in total. The minimum Gasteiger partial charge on any atom is -0.480 e. The molecular weight excluding hydrogens is 494 g/mol. The Hall–Kier alpha value is -3.76. The number of fused-ring (bicyclic) bond motifs is 1. The number of benzodiazepines with no additional fused rings is 1. The number of halogens is 4. The number of nitrogens with zero attached hydrogens (tertiary/aromatic N) is 1. The number of rotatable bonds is 9. The zero-order chi connectivity index (χ0) is 26.8. The molecule has 37 heavy (non-hydrogen) atoms. The van der Waals surface area contributed by atoms with Crippen LogP contribution in [0.2, 0.25) is 0 Å². The van der Waals surface area contributed by atoms with E-state index in [0.717, 1.165) is 6.07 Å². The molecule has 2 amide bonds. The molecule has 0 aromatic heterocycles. The predicted octanol–water partition coefficient (Wildman–Crippen LogP) is 4.66. The fourth-order valence-corrected chi connectivity index (χ4v) is 4.49. The quantitative estimate of drug-likeness (QED) is 0.331. The molecule has 1 saturated carbocycles. The van der Waals surface area contributed by atoms with E-state index in [4.69, 9.17) is 0 Å². The van der Waals surface area contributed by atoms with Crippen LogP contribution in [0.1, 0.15) is 49.7 Å². The molecule has 3 N–H and O–H groups in total. The first-order valence-electron chi connectivity index (χ1n) is 11.8. The van der Waals surface area contributed by atoms with Gasteiger partial charge in [-0.15, -0.1) is 0 Å². The Kier molecular flexibility index (Phi) is 7.33. The van der Waals surface area contributed by atoms with Gasteiger partial charge in [0, 0.05) is 17.5 Å². The number of para-hydroxylation sites is 1. The molecule has 196 valence electrons. The predicted molar refractivity (Wildman–Crippen MR) is 126 cm³/mol. The number of carboxylic acid groups (broad SMARTS) is 1. The summed E-state index contributed by atoms with van der Waals surface area (Å²) in [7, 11) is 0. The lowest BCUT2D eigenvalue weighted by Gasteiger charge is -2.29. The van der Waals surface area contributed by atoms with E-state index in [9.17, 15) is 37.1 Å². The maximum atomic E-state index is 14.7. The molecule has 4 rings (SSSR count). The molecule has 1 aliphatic carbocycles. The molecule has 11 heteroatoms. The maximum absolute atomic E-state index is 14.7. The lowest BCUT2D eigenvalue weighted by atomic mass is 9.77. The normalized spacial score (nSPS) is 19.1. The van der Waals surface area contributed by atoms with Crippen LogP contribution in [0, 0.1) is 17.2 Å². The van der Waals surface area contributed by atoms with Crippen molar-refractivity contribution in [1.82, 2.24) is 5.32 Å². The van der Waals surface area contributed by atoms with Crippen molar-refractivity contribution in [3.05, 3.63) is 65.5 Å². The number of anilines is 1. The van der Waals surface area contributed by atoms with Gasteiger partial charge in [0.1, 0.15) is 11.2 Å². The summed E-state index contributed by atoms with van der Waals surface area (Å²) in [6.45, 7) is 0. The van der Waals surface area contributed by atoms with Crippen LogP contribution in [-0.2, 0) is 14.4 Å². The smallest absolute Gasteiger partial charge is 0.389 e. The second kappa shape index (κ2) is 10.3. The summed E-state index contributed by atoms with van der Waals surface area (Å²) in [5.41, 5.74) is -1.38. The number of alkyl halides is 3. The van der Waals surface area contributed by atoms with Crippen molar-refractivity contribution in [2.45, 2.75) is 50.9 Å². The standard InChI is InChI=1S/C26H25F4N3O4/c27-18-9-4-8-17-19(16-6-2-1-3-7-16)31-21(22(34)32-20(17)18)33-23(35)25(24(36)37,14-15-10-11-15)12-5-13-26(28,29)30/h1-4,6-9,15,21H,5,10-14H2,(H,32,34)(H,33,35)(H,36,37)/t21-,25?/m0/s1. The number of carbonyl (C=O) groups is 3. The number of amides is 2. The van der Waals surface area contributed by atoms with Crippen molar-refractivity contribution in [3.63, 3.8) is 0 Å². The number of benzene rings is 2. The van der Waals surface area contributed by atoms with Gasteiger partial charge in [-0.3, -0.25) is 14.4 Å². The molecule has 1 fully saturated rings. The summed E-state index contributed by atoms with van der Waals surface area (Å²) in [6.07, 6.45) is -7.34. The Bertz CT molecular complexity index is 1230. The first kappa shape index (κ1) is 26.3. The number of hydrogen-bond acceptors (Lipinski definition) is 4. The summed E-state index contributed by atoms with van der Waals surface area (Å²) in [5, 5.41) is 14.8. The molecule has 1 unspecified atom stereocenters. The monoisotopic (exact) mass is 519 g/mol. The van der Waals surface area contributed by atoms with E-state index in [-0.39, 0.29) is 29.3 Å². The molecule has 2 aliphatic rings. The zero-order valence-electron chi connectivity index (χ0n) is 19.6. The van der Waals surface area contributed by atoms with E-state index in [1.165, 1.54) is 6.07 Å². The third kappa shape index (κ3) is 5.98. The van der Waals surface area contributed by atoms with Crippen LogP contribution >= 0.6 is 0 Å². The number of carboxylic acids is 1. The van der Waals surface area contributed by atoms with Crippen LogP contribution in [0.5, 0.6) is 0 Å². The highest BCUT2D eigenvalue weighted by molar-refractivity contribution is 6.20. The lowest BCUT2D eigenvalue weighted by molar-refractivity contribution is -0.161. The van der Waals surface area contributed by atoms with E-state index in [2.05, 4.69) is 15.6 Å². The van der Waals surface area contributed by atoms with Gasteiger partial charge in [-0.25, -0.2) is 9.38 Å². The van der Waals surface area contributed by atoms with Crippen LogP contribution in [0.15, 0.2) is 53.5 Å². The van der Waals surface area contributed by atoms with Crippen LogP contribution in [0.25, 0.3) is 0 Å². The van der Waals surface area contributed by atoms with Gasteiger partial charge in [0.05, 0.1) is 11.4 Å². The van der Waals surface area contributed by atoms with E-state index < -0.39 is 60.6 Å². The Morgan fingerprint density at radius 2 is 1.76 bits per heavy atom. The highest BCUT2D eigenvalue weighted by atomic mass is 19.4. The average Bonchev–Trinajstić information content (AvgIpc) is 3.66. The minimum absolute atomic E-state index is 0.113. The summed E-state index contributed by atoms with van der Waals surface area (Å²) < 4.78 is 53.0. The highest BCUT2D eigenvalue weighted by Crippen LogP contribution is 2.44. The van der Waals surface area contributed by atoms with Crippen molar-refractivity contribution in [3.8, 4) is 0 Å². The van der Waals surface area contributed by atoms with Crippen molar-refractivity contribution in [1.29, 1.82) is 0 Å². The molecule has 2 aromatic rings. The van der Waals surface area contributed by atoms with Crippen LogP contribution < -0.4 is 10.6 Å². The first-order valence-corrected chi connectivity index (χ1v) is 11.8. The molecule has 0 bridgehead atoms. The molecule has 1 heterocycles. The van der Waals surface area contributed by atoms with Gasteiger partial charge in [0.15, 0.2) is 0 Å². The SMILES string of the molecule is O=C1Nc2c(F)cccc2C(c2ccccc2)=N[C@H]1NC(=O)C(CCCC(F)(F)F)(CC1CC1)C(=O)O. The number of nitrogens with one attached hydrogen (secondary N) is 2. The highest BCUT2D eigenvalue weighted by Gasteiger charge is 2.50. The van der Waals surface area contributed by atoms with Gasteiger partial charge >= 0.3 is 12.1 Å². The van der Waals surface area contributed by atoms with Crippen molar-refractivity contribution in [2.24, 2.45) is 16.3 Å². The maximum Gasteiger partial charge on any atom is 0.389 e. The van der Waals surface area contributed by atoms with E-state index in [0.29, 0.717) is 18.4 Å². The lowest BCUT2D eigenvalue weighted by Crippen LogP contribution is -2.52. The van der Waals surface area contributed by atoms with Crippen molar-refractivity contribution in [2.75, 3.05) is 5.32 Å². The van der Waals surface area contributed by atoms with E-state index in [1.54, 1.807) is 36.4 Å². The minimum atomic E-state index is -4.51. The summed E-state index contributed by atoms with van der Waals surface area (Å²) in [5.74, 6) is -4.42. The van der Waals surface area contributed by atoms with Crippen molar-refractivity contribution < 1.29 is 37.1 Å². The molecule has 1 aliphatic heterocycles. The molecule has 0 radical (unpaired) electrons. The third-order valence-corrected chi connectivity index (χ3v) is 6.58. The number of aliphatic carboxylic acids is 1. The van der Waals surface area contributed by atoms with Crippen LogP contribution in [0.3, 0.4) is 0 Å². The Morgan fingerprint density at radius 1 is 1.05 bits per heavy atom. The fraction of sp³-hybridized carbons (Fsp3) is 0.385. The van der Waals surface area contributed by atoms with Crippen LogP contribution in [-0.4, -0.2) is 40.9 Å². The third-order valence-electron chi connectivity index (χ3n) is 6.58. The fourth-order valence-electron chi connectivity index (χ4n) is 4.49. The van der Waals surface area contributed by atoms with Crippen molar-refractivity contribution >= 4 is 29.2 Å². The molecule has 2 aromatic carbocycles. The Labute approximate surface area is 210 Å². The van der Waals surface area contributed by atoms with Gasteiger partial charge < -0.3 is 15.7 Å². The first-order chi connectivity index (χ1) is 17.5. The molecular formula is C26H25F4N3O4. The molecule has 0 spiro atoms. The Balaban J connectivity index is 1.69. The van der Waals surface area contributed by atoms with Gasteiger partial charge in [-0.1, -0.05) is 55.3 Å². The number of hydrogen-bond donors (Lipinski definition) is 3. The topological polar surface area (TPSA) is 108 Å². The van der Waals surface area contributed by atoms with Gasteiger partial charge in [-0.05, 0) is 31.2 Å². The number of carbonyl (C=O) groups excluding carboxylic acids is 2. The largest absolute Gasteiger partial charge is 0.480 e. The Morgan fingerprint density at radius 3 is 2.38 bits per heavy atom. The second-order valence-electron chi connectivity index (χ2n) is 9.37. The zero-order valence-corrected chi connectivity index (χ0v) is 19.6. The average molecular weight is 519 g/mol. The van der Waals surface area contributed by atoms with Gasteiger partial charge in [-0.2, -0.15) is 13.2 Å². The van der Waals surface area contributed by atoms with E-state index >= 15 is 0 Å². The van der Waals surface area contributed by atoms with Crippen LogP contribution in [0.4, 0.5) is 23.2 Å². The second-order valence-corrected chi connectivity index (χ2v) is 9.37. The number of aliphatic imine (C=N–C) groups is 1. The summed E-state index contributed by atoms with van der Waals surface area (Å²) in [6, 6.07) is 12.6. The molecule has 0 saturated heterocycles. The van der Waals surface area contributed by atoms with Gasteiger partial charge in [0.25, 0.3) is 5.91 Å². The van der Waals surface area contributed by atoms with E-state index in [1.807, 2.05) is 0 Å². The summed E-state index contributed by atoms with van der Waals surface area (Å²) >= 11 is 0. The molecule has 2 atom stereocenters.